The molecule has 224 valence electrons. The van der Waals surface area contributed by atoms with E-state index in [0.717, 1.165) is 22.6 Å². The van der Waals surface area contributed by atoms with Gasteiger partial charge in [0.25, 0.3) is 0 Å². The van der Waals surface area contributed by atoms with Gasteiger partial charge in [-0.25, -0.2) is 21.9 Å². The van der Waals surface area contributed by atoms with Crippen molar-refractivity contribution in [2.45, 2.75) is 51.6 Å². The molecule has 42 heavy (non-hydrogen) atoms. The van der Waals surface area contributed by atoms with Gasteiger partial charge >= 0.3 is 0 Å². The number of fused-ring (bicyclic) bond motifs is 2. The van der Waals surface area contributed by atoms with Gasteiger partial charge < -0.3 is 9.64 Å². The fourth-order valence-corrected chi connectivity index (χ4v) is 8.85. The minimum atomic E-state index is -3.69. The summed E-state index contributed by atoms with van der Waals surface area (Å²) in [5, 5.41) is 4.63. The Balaban J connectivity index is 1.17. The molecule has 7 nitrogen and oxygen atoms in total. The van der Waals surface area contributed by atoms with Gasteiger partial charge in [-0.05, 0) is 92.5 Å². The van der Waals surface area contributed by atoms with Gasteiger partial charge in [0.15, 0.2) is 0 Å². The highest BCUT2D eigenvalue weighted by atomic mass is 32.2. The number of hydrogen-bond acceptors (Lipinski definition) is 5. The van der Waals surface area contributed by atoms with Crippen LogP contribution in [0.1, 0.15) is 50.3 Å². The van der Waals surface area contributed by atoms with Gasteiger partial charge in [-0.15, -0.1) is 0 Å². The average Bonchev–Trinajstić information content (AvgIpc) is 3.56. The molecule has 0 N–H and O–H groups in total. The van der Waals surface area contributed by atoms with Crippen molar-refractivity contribution in [3.05, 3.63) is 75.9 Å². The molecule has 0 radical (unpaired) electrons. The van der Waals surface area contributed by atoms with Gasteiger partial charge in [-0.1, -0.05) is 12.5 Å². The monoisotopic (exact) mass is 596 g/mol. The van der Waals surface area contributed by atoms with Crippen LogP contribution in [0.5, 0.6) is 0 Å². The smallest absolute Gasteiger partial charge is 0.239 e. The third-order valence-electron chi connectivity index (χ3n) is 9.64. The van der Waals surface area contributed by atoms with Crippen LogP contribution in [0.3, 0.4) is 0 Å². The Bertz CT molecular complexity index is 1560. The van der Waals surface area contributed by atoms with Crippen molar-refractivity contribution in [3.63, 3.8) is 0 Å². The minimum absolute atomic E-state index is 0.00990. The number of piperidine rings is 1. The van der Waals surface area contributed by atoms with Crippen molar-refractivity contribution < 1.29 is 21.9 Å². The number of sulfonamides is 1. The maximum absolute atomic E-state index is 14.1. The van der Waals surface area contributed by atoms with E-state index in [4.69, 9.17) is 4.74 Å². The Morgan fingerprint density at radius 3 is 2.64 bits per heavy atom. The van der Waals surface area contributed by atoms with Gasteiger partial charge in [0, 0.05) is 49.8 Å². The molecule has 2 aromatic rings. The number of benzene rings is 1. The molecular weight excluding hydrogens is 558 g/mol. The van der Waals surface area contributed by atoms with Gasteiger partial charge in [0.2, 0.25) is 10.0 Å². The van der Waals surface area contributed by atoms with Crippen LogP contribution >= 0.6 is 0 Å². The zero-order valence-corrected chi connectivity index (χ0v) is 24.8. The number of hydrogen-bond donors (Lipinski definition) is 0. The van der Waals surface area contributed by atoms with Crippen molar-refractivity contribution in [3.8, 4) is 5.69 Å². The summed E-state index contributed by atoms with van der Waals surface area (Å²) in [7, 11) is -3.69. The number of ether oxygens (including phenoxy) is 1. The Kier molecular flexibility index (Phi) is 7.14. The number of alkyl halides is 1. The maximum Gasteiger partial charge on any atom is 0.239 e. The van der Waals surface area contributed by atoms with Gasteiger partial charge in [-0.2, -0.15) is 9.40 Å². The van der Waals surface area contributed by atoms with Gasteiger partial charge in [0.1, 0.15) is 12.0 Å². The second-order valence-corrected chi connectivity index (χ2v) is 14.8. The van der Waals surface area contributed by atoms with E-state index in [-0.39, 0.29) is 11.7 Å². The lowest BCUT2D eigenvalue weighted by atomic mass is 9.69. The molecule has 3 heterocycles. The van der Waals surface area contributed by atoms with E-state index in [0.29, 0.717) is 75.9 Å². The quantitative estimate of drug-likeness (QED) is 0.417. The van der Waals surface area contributed by atoms with Gasteiger partial charge in [0.05, 0.1) is 29.1 Å². The summed E-state index contributed by atoms with van der Waals surface area (Å²) in [6.07, 6.45) is 11.4. The molecule has 3 fully saturated rings. The summed E-state index contributed by atoms with van der Waals surface area (Å²) < 4.78 is 65.4. The summed E-state index contributed by atoms with van der Waals surface area (Å²) in [6, 6.07) is 6.30. The zero-order valence-electron chi connectivity index (χ0n) is 24.0. The van der Waals surface area contributed by atoms with E-state index in [1.54, 1.807) is 22.5 Å². The van der Waals surface area contributed by atoms with E-state index in [9.17, 15) is 17.2 Å². The Morgan fingerprint density at radius 1 is 1.12 bits per heavy atom. The lowest BCUT2D eigenvalue weighted by Crippen LogP contribution is -2.51. The predicted molar refractivity (Wildman–Crippen MR) is 157 cm³/mol. The topological polar surface area (TPSA) is 67.7 Å². The third-order valence-corrected chi connectivity index (χ3v) is 11.6. The van der Waals surface area contributed by atoms with Crippen LogP contribution in [0.4, 0.5) is 8.78 Å². The summed E-state index contributed by atoms with van der Waals surface area (Å²) >= 11 is 0. The number of rotatable bonds is 8. The highest BCUT2D eigenvalue weighted by Gasteiger charge is 2.47. The molecule has 3 unspecified atom stereocenters. The van der Waals surface area contributed by atoms with E-state index in [1.165, 1.54) is 30.5 Å². The Hall–Kier alpha value is -2.82. The molecule has 0 bridgehead atoms. The van der Waals surface area contributed by atoms with E-state index >= 15 is 0 Å². The van der Waals surface area contributed by atoms with Crippen LogP contribution < -0.4 is 0 Å². The van der Waals surface area contributed by atoms with Crippen molar-refractivity contribution in [1.29, 1.82) is 0 Å². The average molecular weight is 597 g/mol. The molecule has 1 aromatic heterocycles. The minimum Gasteiger partial charge on any atom is -0.380 e. The number of likely N-dealkylation sites (tertiary alicyclic amines) is 1. The van der Waals surface area contributed by atoms with E-state index in [2.05, 4.69) is 16.1 Å². The second-order valence-electron chi connectivity index (χ2n) is 12.8. The van der Waals surface area contributed by atoms with Crippen LogP contribution in [0.15, 0.2) is 58.8 Å². The summed E-state index contributed by atoms with van der Waals surface area (Å²) in [5.74, 6) is 0.323. The van der Waals surface area contributed by atoms with Crippen molar-refractivity contribution in [2.24, 2.45) is 17.3 Å². The van der Waals surface area contributed by atoms with E-state index < -0.39 is 21.6 Å². The van der Waals surface area contributed by atoms with Crippen molar-refractivity contribution >= 4 is 16.1 Å². The number of allylic oxidation sites excluding steroid dienone is 4. The summed E-state index contributed by atoms with van der Waals surface area (Å²) in [5.41, 5.74) is 4.52. The Labute approximate surface area is 246 Å². The molecule has 0 amide bonds. The van der Waals surface area contributed by atoms with Crippen molar-refractivity contribution in [2.75, 3.05) is 39.4 Å². The standard InChI is InChI=1S/C32H38F2N4O3S/c1-22-14-29(8-9-30(22)36-12-11-27(34)18-36)42(39,40)37-13-10-25-15-31-24(16-32(25,20-37)21-41-19-23-2-3-23)17-35-38(31)28-6-4-26(33)5-7-28/h4-9,15,17,22-23,27H,2-3,10-14,16,18-21H2,1H3. The predicted octanol–water partition coefficient (Wildman–Crippen LogP) is 5.25. The van der Waals surface area contributed by atoms with Crippen LogP contribution in [-0.2, 0) is 21.2 Å². The molecule has 2 saturated heterocycles. The molecule has 0 spiro atoms. The fraction of sp³-hybridized carbons (Fsp3) is 0.531. The van der Waals surface area contributed by atoms with Crippen LogP contribution in [0.2, 0.25) is 0 Å². The molecule has 1 saturated carbocycles. The molecule has 3 atom stereocenters. The molecule has 5 aliphatic rings. The first-order chi connectivity index (χ1) is 20.2. The Morgan fingerprint density at radius 2 is 1.93 bits per heavy atom. The van der Waals surface area contributed by atoms with E-state index in [1.807, 2.05) is 23.9 Å². The first-order valence-electron chi connectivity index (χ1n) is 15.1. The molecule has 7 rings (SSSR count). The first-order valence-corrected chi connectivity index (χ1v) is 16.6. The maximum atomic E-state index is 14.1. The van der Waals surface area contributed by atoms with Crippen LogP contribution in [0.25, 0.3) is 11.8 Å². The van der Waals surface area contributed by atoms with Crippen LogP contribution in [-0.4, -0.2) is 73.0 Å². The highest BCUT2D eigenvalue weighted by Crippen LogP contribution is 2.46. The van der Waals surface area contributed by atoms with Gasteiger partial charge in [-0.3, -0.25) is 0 Å². The summed E-state index contributed by atoms with van der Waals surface area (Å²) in [4.78, 5) is 2.49. The first kappa shape index (κ1) is 28.0. The van der Waals surface area contributed by atoms with Crippen LogP contribution in [0, 0.1) is 23.1 Å². The number of nitrogens with zero attached hydrogens (tertiary/aromatic N) is 4. The number of halogens is 2. The molecule has 10 heteroatoms. The zero-order chi connectivity index (χ0) is 29.1. The molecule has 3 aliphatic carbocycles. The molecule has 1 aromatic carbocycles. The third kappa shape index (κ3) is 5.15. The normalized spacial score (nSPS) is 28.2. The second kappa shape index (κ2) is 10.7. The summed E-state index contributed by atoms with van der Waals surface area (Å²) in [6.45, 7) is 5.01. The SMILES string of the molecule is CC1CC(S(=O)(=O)N2CCC3=Cc4c(cnn4-c4ccc(F)cc4)CC3(COCC3CC3)C2)=CC=C1N1CCC(F)C1. The highest BCUT2D eigenvalue weighted by molar-refractivity contribution is 7.93. The number of aromatic nitrogens is 2. The fourth-order valence-electron chi connectivity index (χ4n) is 7.07. The lowest BCUT2D eigenvalue weighted by Gasteiger charge is -2.46. The van der Waals surface area contributed by atoms with Crippen molar-refractivity contribution in [1.82, 2.24) is 19.0 Å². The molecule has 2 aliphatic heterocycles. The lowest BCUT2D eigenvalue weighted by molar-refractivity contribution is 0.0360. The molecular formula is C32H38F2N4O3S. The largest absolute Gasteiger partial charge is 0.380 e.